The maximum Gasteiger partial charge on any atom is 0.0971 e. The van der Waals surface area contributed by atoms with Crippen LogP contribution >= 0.6 is 0 Å². The fourth-order valence-electron chi connectivity index (χ4n) is 1.14. The van der Waals surface area contributed by atoms with E-state index in [2.05, 4.69) is 20.8 Å². The Morgan fingerprint density at radius 2 is 1.71 bits per heavy atom. The molecule has 0 aliphatic rings. The Morgan fingerprint density at radius 3 is 2.21 bits per heavy atom. The summed E-state index contributed by atoms with van der Waals surface area (Å²) >= 11 is 0. The van der Waals surface area contributed by atoms with Gasteiger partial charge in [-0.15, -0.1) is 0 Å². The lowest BCUT2D eigenvalue weighted by atomic mass is 9.95. The molecule has 1 aromatic carbocycles. The zero-order chi connectivity index (χ0) is 10.6. The molecule has 0 bridgehead atoms. The van der Waals surface area contributed by atoms with Crippen molar-refractivity contribution in [3.05, 3.63) is 48.0 Å². The lowest BCUT2D eigenvalue weighted by Gasteiger charge is -2.13. The van der Waals surface area contributed by atoms with Gasteiger partial charge in [0.15, 0.2) is 0 Å². The summed E-state index contributed by atoms with van der Waals surface area (Å²) in [5.41, 5.74) is 1.06. The van der Waals surface area contributed by atoms with Gasteiger partial charge in [0, 0.05) is 0 Å². The lowest BCUT2D eigenvalue weighted by Crippen LogP contribution is -2.01. The minimum atomic E-state index is -0.490. The van der Waals surface area contributed by atoms with E-state index in [9.17, 15) is 5.11 Å². The number of hydrogen-bond acceptors (Lipinski definition) is 1. The first-order valence-electron chi connectivity index (χ1n) is 4.91. The molecule has 0 saturated carbocycles. The van der Waals surface area contributed by atoms with Crippen molar-refractivity contribution >= 4 is 0 Å². The first-order chi connectivity index (χ1) is 6.49. The van der Waals surface area contributed by atoms with Crippen LogP contribution < -0.4 is 0 Å². The van der Waals surface area contributed by atoms with Crippen LogP contribution in [-0.2, 0) is 0 Å². The SMILES string of the molecule is CC(C)(C)/C=C/[C@H](O)c1ccccc1. The van der Waals surface area contributed by atoms with Gasteiger partial charge in [0.2, 0.25) is 0 Å². The summed E-state index contributed by atoms with van der Waals surface area (Å²) in [5.74, 6) is 0. The minimum Gasteiger partial charge on any atom is -0.384 e. The monoisotopic (exact) mass is 190 g/mol. The first-order valence-corrected chi connectivity index (χ1v) is 4.91. The summed E-state index contributed by atoms with van der Waals surface area (Å²) in [6.07, 6.45) is 3.38. The molecule has 0 aromatic heterocycles. The van der Waals surface area contributed by atoms with Gasteiger partial charge in [-0.3, -0.25) is 0 Å². The average molecular weight is 190 g/mol. The third-order valence-corrected chi connectivity index (χ3v) is 1.92. The molecule has 0 aliphatic carbocycles. The lowest BCUT2D eigenvalue weighted by molar-refractivity contribution is 0.227. The molecule has 1 atom stereocenters. The van der Waals surface area contributed by atoms with Crippen molar-refractivity contribution in [1.82, 2.24) is 0 Å². The minimum absolute atomic E-state index is 0.121. The van der Waals surface area contributed by atoms with Gasteiger partial charge in [0.25, 0.3) is 0 Å². The van der Waals surface area contributed by atoms with Gasteiger partial charge in [-0.05, 0) is 11.0 Å². The maximum atomic E-state index is 9.80. The van der Waals surface area contributed by atoms with Crippen molar-refractivity contribution in [2.24, 2.45) is 5.41 Å². The number of aliphatic hydroxyl groups is 1. The zero-order valence-electron chi connectivity index (χ0n) is 9.07. The molecular formula is C13H18O. The van der Waals surface area contributed by atoms with E-state index in [1.54, 1.807) is 0 Å². The third-order valence-electron chi connectivity index (χ3n) is 1.92. The summed E-state index contributed by atoms with van der Waals surface area (Å²) in [7, 11) is 0. The van der Waals surface area contributed by atoms with Gasteiger partial charge < -0.3 is 5.11 Å². The summed E-state index contributed by atoms with van der Waals surface area (Å²) in [6.45, 7) is 6.34. The van der Waals surface area contributed by atoms with Crippen molar-refractivity contribution in [1.29, 1.82) is 0 Å². The van der Waals surface area contributed by atoms with E-state index < -0.39 is 6.10 Å². The standard InChI is InChI=1S/C13H18O/c1-13(2,3)10-9-12(14)11-7-5-4-6-8-11/h4-10,12,14H,1-3H3/b10-9+/t12-/m0/s1. The highest BCUT2D eigenvalue weighted by molar-refractivity contribution is 5.21. The predicted molar refractivity (Wildman–Crippen MR) is 60.0 cm³/mol. The normalized spacial score (nSPS) is 14.6. The molecule has 0 aliphatic heterocycles. The third kappa shape index (κ3) is 3.75. The van der Waals surface area contributed by atoms with Crippen molar-refractivity contribution in [3.63, 3.8) is 0 Å². The molecule has 1 aromatic rings. The number of aliphatic hydroxyl groups excluding tert-OH is 1. The Labute approximate surface area is 86.1 Å². The molecule has 76 valence electrons. The summed E-state index contributed by atoms with van der Waals surface area (Å²) in [4.78, 5) is 0. The van der Waals surface area contributed by atoms with Crippen molar-refractivity contribution in [2.75, 3.05) is 0 Å². The van der Waals surface area contributed by atoms with Crippen molar-refractivity contribution < 1.29 is 5.11 Å². The van der Waals surface area contributed by atoms with Crippen molar-refractivity contribution in [2.45, 2.75) is 26.9 Å². The second-order valence-corrected chi connectivity index (χ2v) is 4.58. The van der Waals surface area contributed by atoms with E-state index in [0.29, 0.717) is 0 Å². The molecule has 1 heteroatoms. The molecule has 0 fully saturated rings. The second kappa shape index (κ2) is 4.43. The van der Waals surface area contributed by atoms with Gasteiger partial charge >= 0.3 is 0 Å². The van der Waals surface area contributed by atoms with E-state index in [1.807, 2.05) is 42.5 Å². The Bertz CT molecular complexity index is 293. The molecule has 0 spiro atoms. The van der Waals surface area contributed by atoms with Crippen LogP contribution in [0.25, 0.3) is 0 Å². The predicted octanol–water partition coefficient (Wildman–Crippen LogP) is 3.32. The molecule has 0 radical (unpaired) electrons. The van der Waals surface area contributed by atoms with Crippen molar-refractivity contribution in [3.8, 4) is 0 Å². The molecule has 1 nitrogen and oxygen atoms in total. The van der Waals surface area contributed by atoms with Crippen LogP contribution in [0.1, 0.15) is 32.4 Å². The van der Waals surface area contributed by atoms with Crippen LogP contribution in [0.4, 0.5) is 0 Å². The molecular weight excluding hydrogens is 172 g/mol. The zero-order valence-corrected chi connectivity index (χ0v) is 9.07. The fraction of sp³-hybridized carbons (Fsp3) is 0.385. The van der Waals surface area contributed by atoms with Crippen LogP contribution in [0.5, 0.6) is 0 Å². The van der Waals surface area contributed by atoms with Crippen LogP contribution in [0.3, 0.4) is 0 Å². The first kappa shape index (κ1) is 11.0. The summed E-state index contributed by atoms with van der Waals surface area (Å²) < 4.78 is 0. The van der Waals surface area contributed by atoms with E-state index in [1.165, 1.54) is 0 Å². The number of allylic oxidation sites excluding steroid dienone is 1. The molecule has 1 rings (SSSR count). The molecule has 0 amide bonds. The average Bonchev–Trinajstić information content (AvgIpc) is 2.14. The molecule has 1 N–H and O–H groups in total. The summed E-state index contributed by atoms with van der Waals surface area (Å²) in [5, 5.41) is 9.80. The van der Waals surface area contributed by atoms with E-state index in [4.69, 9.17) is 0 Å². The van der Waals surface area contributed by atoms with E-state index in [-0.39, 0.29) is 5.41 Å². The van der Waals surface area contributed by atoms with Gasteiger partial charge in [-0.2, -0.15) is 0 Å². The van der Waals surface area contributed by atoms with E-state index in [0.717, 1.165) is 5.56 Å². The van der Waals surface area contributed by atoms with Gasteiger partial charge in [-0.25, -0.2) is 0 Å². The highest BCUT2D eigenvalue weighted by Gasteiger charge is 2.07. The van der Waals surface area contributed by atoms with E-state index >= 15 is 0 Å². The molecule has 14 heavy (non-hydrogen) atoms. The second-order valence-electron chi connectivity index (χ2n) is 4.58. The largest absolute Gasteiger partial charge is 0.384 e. The Hall–Kier alpha value is -1.08. The molecule has 0 heterocycles. The van der Waals surface area contributed by atoms with Crippen LogP contribution in [-0.4, -0.2) is 5.11 Å². The van der Waals surface area contributed by atoms with Crippen LogP contribution in [0, 0.1) is 5.41 Å². The molecule has 0 saturated heterocycles. The van der Waals surface area contributed by atoms with Gasteiger partial charge in [0.05, 0.1) is 6.10 Å². The molecule has 0 unspecified atom stereocenters. The quantitative estimate of drug-likeness (QED) is 0.709. The van der Waals surface area contributed by atoms with Gasteiger partial charge in [-0.1, -0.05) is 63.3 Å². The Balaban J connectivity index is 2.69. The highest BCUT2D eigenvalue weighted by Crippen LogP contribution is 2.19. The van der Waals surface area contributed by atoms with Crippen LogP contribution in [0.15, 0.2) is 42.5 Å². The maximum absolute atomic E-state index is 9.80. The fourth-order valence-corrected chi connectivity index (χ4v) is 1.14. The number of hydrogen-bond donors (Lipinski definition) is 1. The Kier molecular flexibility index (Phi) is 3.48. The van der Waals surface area contributed by atoms with Crippen LogP contribution in [0.2, 0.25) is 0 Å². The number of benzene rings is 1. The Morgan fingerprint density at radius 1 is 1.14 bits per heavy atom. The topological polar surface area (TPSA) is 20.2 Å². The highest BCUT2D eigenvalue weighted by atomic mass is 16.3. The smallest absolute Gasteiger partial charge is 0.0971 e. The van der Waals surface area contributed by atoms with Gasteiger partial charge in [0.1, 0.15) is 0 Å². The summed E-state index contributed by atoms with van der Waals surface area (Å²) in [6, 6.07) is 9.67. The number of rotatable bonds is 2.